The number of alkyl halides is 3. The van der Waals surface area contributed by atoms with Crippen molar-refractivity contribution in [1.29, 1.82) is 0 Å². The molecular formula is C18H18F3N3O3. The lowest BCUT2D eigenvalue weighted by Gasteiger charge is -2.27. The highest BCUT2D eigenvalue weighted by molar-refractivity contribution is 5.95. The van der Waals surface area contributed by atoms with E-state index in [-0.39, 0.29) is 18.9 Å². The van der Waals surface area contributed by atoms with Gasteiger partial charge in [0.05, 0.1) is 30.7 Å². The number of nitrogens with one attached hydrogen (secondary N) is 1. The molecule has 2 aliphatic rings. The molecule has 1 aromatic carbocycles. The number of carbonyl (C=O) groups is 2. The fourth-order valence-electron chi connectivity index (χ4n) is 4.32. The van der Waals surface area contributed by atoms with Crippen molar-refractivity contribution >= 4 is 22.8 Å². The number of hydrogen-bond donors (Lipinski definition) is 1. The Morgan fingerprint density at radius 3 is 2.89 bits per heavy atom. The summed E-state index contributed by atoms with van der Waals surface area (Å²) in [6, 6.07) is 1.89. The lowest BCUT2D eigenvalue weighted by Crippen LogP contribution is -2.42. The molecule has 144 valence electrons. The Hall–Kier alpha value is -2.58. The average molecular weight is 381 g/mol. The molecule has 1 amide bonds. The van der Waals surface area contributed by atoms with Crippen LogP contribution in [0.25, 0.3) is 10.9 Å². The molecule has 4 rings (SSSR count). The van der Waals surface area contributed by atoms with Crippen molar-refractivity contribution in [2.24, 2.45) is 5.41 Å². The summed E-state index contributed by atoms with van der Waals surface area (Å²) < 4.78 is 44.1. The van der Waals surface area contributed by atoms with Crippen LogP contribution in [0.1, 0.15) is 35.4 Å². The van der Waals surface area contributed by atoms with Gasteiger partial charge in [0.1, 0.15) is 6.54 Å². The molecule has 27 heavy (non-hydrogen) atoms. The van der Waals surface area contributed by atoms with Gasteiger partial charge >= 0.3 is 12.1 Å². The molecule has 1 aliphatic carbocycles. The van der Waals surface area contributed by atoms with Crippen LogP contribution in [0.4, 0.5) is 13.2 Å². The van der Waals surface area contributed by atoms with Gasteiger partial charge in [-0.3, -0.25) is 14.7 Å². The second kappa shape index (κ2) is 5.71. The van der Waals surface area contributed by atoms with E-state index in [0.717, 1.165) is 21.5 Å². The number of H-pyrrole nitrogens is 1. The fourth-order valence-corrected chi connectivity index (χ4v) is 4.32. The molecule has 2 aromatic rings. The van der Waals surface area contributed by atoms with E-state index in [9.17, 15) is 22.8 Å². The molecule has 1 saturated carbocycles. The molecule has 1 fully saturated rings. The first-order chi connectivity index (χ1) is 12.7. The Bertz CT molecular complexity index is 952. The number of aryl methyl sites for hydroxylation is 1. The van der Waals surface area contributed by atoms with Crippen molar-refractivity contribution < 1.29 is 27.5 Å². The summed E-state index contributed by atoms with van der Waals surface area (Å²) in [7, 11) is 1.21. The van der Waals surface area contributed by atoms with E-state index in [1.807, 2.05) is 13.0 Å². The fraction of sp³-hybridized carbons (Fsp3) is 0.500. The number of ether oxygens (including phenoxy) is 1. The summed E-state index contributed by atoms with van der Waals surface area (Å²) in [5.74, 6) is -1.53. The third-order valence-electron chi connectivity index (χ3n) is 5.65. The number of carbonyl (C=O) groups excluding carboxylic acids is 2. The lowest BCUT2D eigenvalue weighted by molar-refractivity contribution is -0.167. The minimum absolute atomic E-state index is 0.163. The number of esters is 1. The van der Waals surface area contributed by atoms with E-state index >= 15 is 0 Å². The molecule has 6 nitrogen and oxygen atoms in total. The lowest BCUT2D eigenvalue weighted by atomic mass is 9.91. The molecule has 0 spiro atoms. The minimum Gasteiger partial charge on any atom is -0.469 e. The summed E-state index contributed by atoms with van der Waals surface area (Å²) >= 11 is 0. The zero-order valence-corrected chi connectivity index (χ0v) is 14.8. The van der Waals surface area contributed by atoms with Crippen molar-refractivity contribution in [3.63, 3.8) is 0 Å². The Morgan fingerprint density at radius 1 is 1.48 bits per heavy atom. The van der Waals surface area contributed by atoms with Crippen LogP contribution in [0.15, 0.2) is 12.3 Å². The molecule has 1 N–H and O–H groups in total. The minimum atomic E-state index is -4.53. The van der Waals surface area contributed by atoms with E-state index < -0.39 is 30.0 Å². The van der Waals surface area contributed by atoms with Crippen LogP contribution < -0.4 is 0 Å². The van der Waals surface area contributed by atoms with E-state index in [4.69, 9.17) is 4.74 Å². The van der Waals surface area contributed by atoms with Gasteiger partial charge in [0.25, 0.3) is 0 Å². The number of benzene rings is 1. The summed E-state index contributed by atoms with van der Waals surface area (Å²) in [6.07, 6.45) is -2.83. The molecule has 1 aliphatic heterocycles. The molecule has 1 aromatic heterocycles. The number of aromatic nitrogens is 2. The van der Waals surface area contributed by atoms with Gasteiger partial charge in [-0.05, 0) is 30.0 Å². The van der Waals surface area contributed by atoms with Gasteiger partial charge in [-0.2, -0.15) is 18.3 Å². The van der Waals surface area contributed by atoms with E-state index in [0.29, 0.717) is 17.4 Å². The van der Waals surface area contributed by atoms with Crippen LogP contribution in [-0.2, 0) is 20.9 Å². The third-order valence-corrected chi connectivity index (χ3v) is 5.65. The Morgan fingerprint density at radius 2 is 2.22 bits per heavy atom. The summed E-state index contributed by atoms with van der Waals surface area (Å²) in [5, 5.41) is 7.59. The van der Waals surface area contributed by atoms with Crippen molar-refractivity contribution in [2.75, 3.05) is 13.7 Å². The maximum Gasteiger partial charge on any atom is 0.406 e. The van der Waals surface area contributed by atoms with Crippen LogP contribution in [0.2, 0.25) is 0 Å². The standard InChI is InChI=1S/C18H18F3N3O3/c1-9-3-10-12(11-6-22-23-15(9)11)7-24(8-18(19,20)21)16(26)17(4-13(10)17)5-14(25)27-2/h3,6,13H,4-5,7-8H2,1-2H3,(H,22,23)/t13-,17+/m1/s1. The number of halogens is 3. The van der Waals surface area contributed by atoms with Crippen LogP contribution >= 0.6 is 0 Å². The number of fused-ring (bicyclic) bond motifs is 5. The van der Waals surface area contributed by atoms with Gasteiger partial charge in [-0.15, -0.1) is 0 Å². The molecule has 2 heterocycles. The maximum absolute atomic E-state index is 13.1. The third kappa shape index (κ3) is 2.76. The van der Waals surface area contributed by atoms with E-state index in [1.165, 1.54) is 7.11 Å². The molecule has 9 heteroatoms. The van der Waals surface area contributed by atoms with Crippen molar-refractivity contribution in [3.8, 4) is 0 Å². The predicted molar refractivity (Wildman–Crippen MR) is 88.7 cm³/mol. The first-order valence-electron chi connectivity index (χ1n) is 8.54. The highest BCUT2D eigenvalue weighted by Gasteiger charge is 2.65. The van der Waals surface area contributed by atoms with Crippen molar-refractivity contribution in [2.45, 2.75) is 38.4 Å². The zero-order valence-electron chi connectivity index (χ0n) is 14.8. The molecular weight excluding hydrogens is 363 g/mol. The monoisotopic (exact) mass is 381 g/mol. The first-order valence-corrected chi connectivity index (χ1v) is 8.54. The quantitative estimate of drug-likeness (QED) is 0.830. The number of hydrogen-bond acceptors (Lipinski definition) is 4. The number of aromatic amines is 1. The molecule has 0 bridgehead atoms. The predicted octanol–water partition coefficient (Wildman–Crippen LogP) is 2.81. The number of rotatable bonds is 3. The molecule has 0 unspecified atom stereocenters. The molecule has 0 radical (unpaired) electrons. The highest BCUT2D eigenvalue weighted by Crippen LogP contribution is 2.65. The van der Waals surface area contributed by atoms with E-state index in [2.05, 4.69) is 10.2 Å². The second-order valence-electron chi connectivity index (χ2n) is 7.36. The van der Waals surface area contributed by atoms with Crippen LogP contribution in [-0.4, -0.2) is 46.8 Å². The van der Waals surface area contributed by atoms with Crippen molar-refractivity contribution in [1.82, 2.24) is 15.1 Å². The summed E-state index contributed by atoms with van der Waals surface area (Å²) in [4.78, 5) is 25.8. The number of nitrogens with zero attached hydrogens (tertiary/aromatic N) is 2. The van der Waals surface area contributed by atoms with Gasteiger partial charge in [0, 0.05) is 17.8 Å². The normalized spacial score (nSPS) is 24.4. The second-order valence-corrected chi connectivity index (χ2v) is 7.36. The van der Waals surface area contributed by atoms with Gasteiger partial charge in [-0.1, -0.05) is 6.07 Å². The summed E-state index contributed by atoms with van der Waals surface area (Å²) in [6.45, 7) is 0.364. The summed E-state index contributed by atoms with van der Waals surface area (Å²) in [5.41, 5.74) is 1.97. The average Bonchev–Trinajstić information content (AvgIpc) is 3.09. The van der Waals surface area contributed by atoms with Crippen LogP contribution in [0.3, 0.4) is 0 Å². The Kier molecular flexibility index (Phi) is 3.77. The smallest absolute Gasteiger partial charge is 0.406 e. The van der Waals surface area contributed by atoms with Gasteiger partial charge in [0.2, 0.25) is 5.91 Å². The number of methoxy groups -OCH3 is 1. The number of amides is 1. The van der Waals surface area contributed by atoms with Crippen LogP contribution in [0, 0.1) is 12.3 Å². The SMILES string of the molecule is COC(=O)C[C@@]12C[C@@H]1c1cc(C)c3[nH]ncc3c1CN(CC(F)(F)F)C2=O. The molecule has 0 saturated heterocycles. The van der Waals surface area contributed by atoms with Crippen molar-refractivity contribution in [3.05, 3.63) is 29.0 Å². The Balaban J connectivity index is 1.86. The first kappa shape index (κ1) is 17.8. The Labute approximate surface area is 152 Å². The van der Waals surface area contributed by atoms with E-state index in [1.54, 1.807) is 6.20 Å². The highest BCUT2D eigenvalue weighted by atomic mass is 19.4. The van der Waals surface area contributed by atoms with Gasteiger partial charge in [0.15, 0.2) is 0 Å². The molecule has 2 atom stereocenters. The largest absolute Gasteiger partial charge is 0.469 e. The van der Waals surface area contributed by atoms with Gasteiger partial charge in [-0.25, -0.2) is 0 Å². The topological polar surface area (TPSA) is 75.3 Å². The van der Waals surface area contributed by atoms with Crippen LogP contribution in [0.5, 0.6) is 0 Å². The maximum atomic E-state index is 13.1. The van der Waals surface area contributed by atoms with Gasteiger partial charge < -0.3 is 9.64 Å². The zero-order chi connectivity index (χ0) is 19.6.